The van der Waals surface area contributed by atoms with Crippen molar-refractivity contribution >= 4 is 45.6 Å². The predicted octanol–water partition coefficient (Wildman–Crippen LogP) is 2.63. The van der Waals surface area contributed by atoms with Crippen LogP contribution in [0.2, 0.25) is 0 Å². The zero-order chi connectivity index (χ0) is 16.2. The lowest BCUT2D eigenvalue weighted by Crippen LogP contribution is -2.41. The molecule has 1 amide bonds. The molecule has 11 heteroatoms. The fourth-order valence-corrected chi connectivity index (χ4v) is 2.85. The lowest BCUT2D eigenvalue weighted by atomic mass is 10.2. The lowest BCUT2D eigenvalue weighted by Gasteiger charge is -2.14. The number of hydrogen-bond donors (Lipinski definition) is 2. The second kappa shape index (κ2) is 8.67. The van der Waals surface area contributed by atoms with E-state index in [1.165, 1.54) is 11.3 Å². The molecule has 2 rings (SSSR count). The summed E-state index contributed by atoms with van der Waals surface area (Å²) in [7, 11) is 0. The number of nitrogens with zero attached hydrogens (tertiary/aromatic N) is 2. The van der Waals surface area contributed by atoms with Crippen LogP contribution in [0, 0.1) is 0 Å². The molecule has 0 aromatic carbocycles. The van der Waals surface area contributed by atoms with Crippen LogP contribution in [0.3, 0.4) is 0 Å². The number of hydrogen-bond acceptors (Lipinski definition) is 6. The van der Waals surface area contributed by atoms with Gasteiger partial charge in [0.2, 0.25) is 17.6 Å². The highest BCUT2D eigenvalue weighted by Gasteiger charge is 2.27. The van der Waals surface area contributed by atoms with Crippen molar-refractivity contribution < 1.29 is 18.1 Å². The third kappa shape index (κ3) is 6.13. The van der Waals surface area contributed by atoms with Crippen molar-refractivity contribution in [2.75, 3.05) is 13.1 Å². The molecule has 0 bridgehead atoms. The van der Waals surface area contributed by atoms with Gasteiger partial charge in [-0.1, -0.05) is 5.16 Å². The summed E-state index contributed by atoms with van der Waals surface area (Å²) in [4.78, 5) is 16.5. The Morgan fingerprint density at radius 3 is 2.87 bits per heavy atom. The van der Waals surface area contributed by atoms with Crippen molar-refractivity contribution in [3.63, 3.8) is 0 Å². The molecule has 0 aliphatic heterocycles. The van der Waals surface area contributed by atoms with Gasteiger partial charge in [0.15, 0.2) is 0 Å². The Bertz CT molecular complexity index is 653. The fraction of sp³-hybridized carbons (Fsp3) is 0.417. The van der Waals surface area contributed by atoms with Gasteiger partial charge in [0.05, 0.1) is 18.0 Å². The molecule has 2 aromatic rings. The number of rotatable bonds is 7. The van der Waals surface area contributed by atoms with E-state index in [0.29, 0.717) is 5.82 Å². The number of aryl methyl sites for hydroxylation is 1. The van der Waals surface area contributed by atoms with Crippen molar-refractivity contribution in [1.82, 2.24) is 15.5 Å². The van der Waals surface area contributed by atoms with Crippen LogP contribution in [0.5, 0.6) is 0 Å². The van der Waals surface area contributed by atoms with Crippen LogP contribution in [0.1, 0.15) is 12.3 Å². The van der Waals surface area contributed by atoms with E-state index in [-0.39, 0.29) is 31.1 Å². The van der Waals surface area contributed by atoms with Gasteiger partial charge < -0.3 is 15.6 Å². The van der Waals surface area contributed by atoms with Crippen molar-refractivity contribution in [3.8, 4) is 10.7 Å². The Labute approximate surface area is 149 Å². The predicted molar refractivity (Wildman–Crippen MR) is 87.9 cm³/mol. The number of carbonyl (C=O) groups is 1. The number of halogens is 4. The molecule has 0 unspecified atom stereocenters. The number of amides is 1. The molecule has 0 saturated carbocycles. The molecule has 0 aliphatic carbocycles. The van der Waals surface area contributed by atoms with E-state index < -0.39 is 24.9 Å². The number of thiophene rings is 1. The molecule has 0 atom stereocenters. The number of nitrogens with one attached hydrogen (secondary N) is 1. The van der Waals surface area contributed by atoms with Crippen LogP contribution in [-0.2, 0) is 11.2 Å². The Hall–Kier alpha value is -1.10. The highest BCUT2D eigenvalue weighted by atomic mass is 79.9. The third-order valence-electron chi connectivity index (χ3n) is 2.66. The maximum atomic E-state index is 12.9. The molecule has 0 saturated heterocycles. The summed E-state index contributed by atoms with van der Waals surface area (Å²) >= 11 is 4.77. The van der Waals surface area contributed by atoms with Crippen LogP contribution in [-0.4, -0.2) is 35.1 Å². The molecule has 0 aliphatic rings. The van der Waals surface area contributed by atoms with E-state index in [2.05, 4.69) is 31.4 Å². The molecule has 2 aromatic heterocycles. The Balaban J connectivity index is 0.00000264. The van der Waals surface area contributed by atoms with Gasteiger partial charge in [-0.05, 0) is 22.0 Å². The minimum absolute atomic E-state index is 0. The van der Waals surface area contributed by atoms with Gasteiger partial charge in [0, 0.05) is 22.7 Å². The highest BCUT2D eigenvalue weighted by molar-refractivity contribution is 9.10. The van der Waals surface area contributed by atoms with Gasteiger partial charge in [-0.25, -0.2) is 8.78 Å². The third-order valence-corrected chi connectivity index (χ3v) is 4.35. The number of nitrogens with two attached hydrogens (primary N) is 1. The molecule has 0 fully saturated rings. The van der Waals surface area contributed by atoms with Crippen molar-refractivity contribution in [1.29, 1.82) is 0 Å². The van der Waals surface area contributed by atoms with Crippen LogP contribution < -0.4 is 11.1 Å². The zero-order valence-electron chi connectivity index (χ0n) is 11.7. The largest absolute Gasteiger partial charge is 0.350 e. The summed E-state index contributed by atoms with van der Waals surface area (Å²) in [6, 6.07) is 1.85. The van der Waals surface area contributed by atoms with E-state index in [0.717, 1.165) is 9.35 Å². The summed E-state index contributed by atoms with van der Waals surface area (Å²) in [6.45, 7) is -1.59. The van der Waals surface area contributed by atoms with Crippen molar-refractivity contribution in [2.24, 2.45) is 5.73 Å². The van der Waals surface area contributed by atoms with Gasteiger partial charge in [0.1, 0.15) is 0 Å². The normalized spacial score (nSPS) is 11.1. The molecule has 3 N–H and O–H groups in total. The Kier molecular flexibility index (Phi) is 7.52. The van der Waals surface area contributed by atoms with Gasteiger partial charge in [-0.3, -0.25) is 4.79 Å². The summed E-state index contributed by atoms with van der Waals surface area (Å²) in [5.74, 6) is -2.91. The molecule has 128 valence electrons. The first-order chi connectivity index (χ1) is 10.4. The molecule has 0 spiro atoms. The quantitative estimate of drug-likeness (QED) is 0.703. The summed E-state index contributed by atoms with van der Waals surface area (Å²) in [5, 5.41) is 7.82. The van der Waals surface area contributed by atoms with Gasteiger partial charge in [0.25, 0.3) is 5.92 Å². The number of carbonyl (C=O) groups excluding carboxylic acids is 1. The maximum absolute atomic E-state index is 12.9. The van der Waals surface area contributed by atoms with Crippen LogP contribution in [0.25, 0.3) is 10.7 Å². The first kappa shape index (κ1) is 19.9. The number of alkyl halides is 2. The van der Waals surface area contributed by atoms with E-state index in [4.69, 9.17) is 10.3 Å². The first-order valence-electron chi connectivity index (χ1n) is 6.31. The van der Waals surface area contributed by atoms with Crippen molar-refractivity contribution in [2.45, 2.75) is 18.8 Å². The van der Waals surface area contributed by atoms with Gasteiger partial charge >= 0.3 is 0 Å². The van der Waals surface area contributed by atoms with Crippen LogP contribution >= 0.6 is 39.7 Å². The molecular formula is C12H14BrClF2N4O2S. The number of aromatic nitrogens is 2. The summed E-state index contributed by atoms with van der Waals surface area (Å²) in [5.41, 5.74) is 4.88. The second-order valence-corrected chi connectivity index (χ2v) is 6.30. The van der Waals surface area contributed by atoms with Gasteiger partial charge in [-0.15, -0.1) is 23.7 Å². The average molecular weight is 432 g/mol. The first-order valence-corrected chi connectivity index (χ1v) is 7.98. The van der Waals surface area contributed by atoms with Crippen LogP contribution in [0.15, 0.2) is 20.4 Å². The fourth-order valence-electron chi connectivity index (χ4n) is 1.50. The van der Waals surface area contributed by atoms with E-state index in [1.807, 2.05) is 11.4 Å². The van der Waals surface area contributed by atoms with E-state index in [1.54, 1.807) is 0 Å². The summed E-state index contributed by atoms with van der Waals surface area (Å²) in [6.07, 6.45) is 0.163. The monoisotopic (exact) mass is 430 g/mol. The molecular weight excluding hydrogens is 418 g/mol. The Morgan fingerprint density at radius 1 is 1.52 bits per heavy atom. The minimum Gasteiger partial charge on any atom is -0.350 e. The average Bonchev–Trinajstić information content (AvgIpc) is 3.11. The standard InChI is InChI=1S/C12H13BrF2N4O2S.ClH/c13-7-3-8(22-4-7)11-18-10(21-19-11)2-1-9(20)17-6-12(14,15)5-16;/h3-4H,1-2,5-6,16H2,(H,17,20);1H. The molecule has 0 radical (unpaired) electrons. The minimum atomic E-state index is -3.10. The molecule has 2 heterocycles. The second-order valence-electron chi connectivity index (χ2n) is 4.48. The topological polar surface area (TPSA) is 94.0 Å². The maximum Gasteiger partial charge on any atom is 0.277 e. The highest BCUT2D eigenvalue weighted by Crippen LogP contribution is 2.27. The Morgan fingerprint density at radius 2 is 2.26 bits per heavy atom. The lowest BCUT2D eigenvalue weighted by molar-refractivity contribution is -0.122. The molecule has 6 nitrogen and oxygen atoms in total. The summed E-state index contributed by atoms with van der Waals surface area (Å²) < 4.78 is 31.7. The van der Waals surface area contributed by atoms with Crippen molar-refractivity contribution in [3.05, 3.63) is 21.8 Å². The SMILES string of the molecule is Cl.NCC(F)(F)CNC(=O)CCc1nc(-c2cc(Br)cs2)no1. The van der Waals surface area contributed by atoms with Gasteiger partial charge in [-0.2, -0.15) is 4.98 Å². The van der Waals surface area contributed by atoms with Crippen LogP contribution in [0.4, 0.5) is 8.78 Å². The zero-order valence-corrected chi connectivity index (χ0v) is 14.9. The van der Waals surface area contributed by atoms with E-state index >= 15 is 0 Å². The molecule has 23 heavy (non-hydrogen) atoms. The van der Waals surface area contributed by atoms with E-state index in [9.17, 15) is 13.6 Å². The smallest absolute Gasteiger partial charge is 0.277 e.